The highest BCUT2D eigenvalue weighted by Crippen LogP contribution is 2.43. The van der Waals surface area contributed by atoms with E-state index in [1.165, 1.54) is 37.7 Å². The van der Waals surface area contributed by atoms with Gasteiger partial charge < -0.3 is 4.74 Å². The number of ether oxygens (including phenoxy) is 1. The highest BCUT2D eigenvalue weighted by Gasteiger charge is 2.28. The summed E-state index contributed by atoms with van der Waals surface area (Å²) in [5, 5.41) is 0.209. The van der Waals surface area contributed by atoms with Crippen LogP contribution in [0.5, 0.6) is 5.75 Å². The van der Waals surface area contributed by atoms with Crippen LogP contribution >= 0.6 is 11.6 Å². The molecule has 0 aliphatic heterocycles. The second-order valence-corrected chi connectivity index (χ2v) is 8.49. The van der Waals surface area contributed by atoms with Crippen LogP contribution in [0.2, 0.25) is 5.02 Å². The lowest BCUT2D eigenvalue weighted by Crippen LogP contribution is -2.22. The van der Waals surface area contributed by atoms with Crippen molar-refractivity contribution in [1.82, 2.24) is 0 Å². The number of benzene rings is 1. The van der Waals surface area contributed by atoms with Crippen LogP contribution in [0.4, 0.5) is 4.39 Å². The van der Waals surface area contributed by atoms with Gasteiger partial charge in [-0.2, -0.15) is 0 Å². The fraction of sp³-hybridized carbons (Fsp3) is 0.583. The minimum absolute atomic E-state index is 0.209. The zero-order valence-electron chi connectivity index (χ0n) is 16.5. The molecule has 1 aromatic carbocycles. The van der Waals surface area contributed by atoms with Crippen LogP contribution < -0.4 is 4.74 Å². The molecule has 0 aromatic heterocycles. The number of hydrogen-bond donors (Lipinski definition) is 0. The van der Waals surface area contributed by atoms with E-state index in [2.05, 4.69) is 25.7 Å². The maximum atomic E-state index is 14.6. The molecule has 0 bridgehead atoms. The van der Waals surface area contributed by atoms with Crippen molar-refractivity contribution in [3.05, 3.63) is 47.3 Å². The molecule has 1 aromatic rings. The van der Waals surface area contributed by atoms with Crippen LogP contribution in [0.1, 0.15) is 70.3 Å². The van der Waals surface area contributed by atoms with Crippen LogP contribution in [0.15, 0.2) is 30.9 Å². The molecule has 0 radical (unpaired) electrons. The highest BCUT2D eigenvalue weighted by atomic mass is 35.5. The minimum atomic E-state index is -0.420. The van der Waals surface area contributed by atoms with E-state index in [4.69, 9.17) is 16.3 Å². The van der Waals surface area contributed by atoms with Gasteiger partial charge in [0.15, 0.2) is 11.6 Å². The summed E-state index contributed by atoms with van der Waals surface area (Å²) in [7, 11) is 0. The van der Waals surface area contributed by atoms with Crippen molar-refractivity contribution in [2.24, 2.45) is 17.8 Å². The normalized spacial score (nSPS) is 25.7. The summed E-state index contributed by atoms with van der Waals surface area (Å²) in [4.78, 5) is 0. The Morgan fingerprint density at radius 3 is 2.59 bits per heavy atom. The van der Waals surface area contributed by atoms with E-state index < -0.39 is 5.82 Å². The van der Waals surface area contributed by atoms with Crippen molar-refractivity contribution < 1.29 is 9.13 Å². The molecule has 1 unspecified atom stereocenters. The van der Waals surface area contributed by atoms with Gasteiger partial charge in [0.2, 0.25) is 0 Å². The van der Waals surface area contributed by atoms with Gasteiger partial charge in [-0.1, -0.05) is 37.1 Å². The Bertz CT molecular complexity index is 673. The molecule has 1 fully saturated rings. The van der Waals surface area contributed by atoms with Crippen molar-refractivity contribution in [3.8, 4) is 5.75 Å². The predicted molar refractivity (Wildman–Crippen MR) is 113 cm³/mol. The Morgan fingerprint density at radius 2 is 1.96 bits per heavy atom. The first-order valence-electron chi connectivity index (χ1n) is 10.6. The Morgan fingerprint density at radius 1 is 1.19 bits per heavy atom. The van der Waals surface area contributed by atoms with Gasteiger partial charge in [0.25, 0.3) is 0 Å². The van der Waals surface area contributed by atoms with E-state index >= 15 is 0 Å². The fourth-order valence-electron chi connectivity index (χ4n) is 4.60. The van der Waals surface area contributed by atoms with Crippen molar-refractivity contribution in [2.45, 2.75) is 64.7 Å². The third kappa shape index (κ3) is 4.96. The van der Waals surface area contributed by atoms with Crippen molar-refractivity contribution in [3.63, 3.8) is 0 Å². The van der Waals surface area contributed by atoms with Crippen LogP contribution in [0.25, 0.3) is 5.57 Å². The van der Waals surface area contributed by atoms with Crippen LogP contribution in [-0.4, -0.2) is 6.61 Å². The monoisotopic (exact) mass is 390 g/mol. The number of rotatable bonds is 7. The van der Waals surface area contributed by atoms with Gasteiger partial charge in [0, 0.05) is 0 Å². The average Bonchev–Trinajstić information content (AvgIpc) is 2.72. The Balaban J connectivity index is 1.63. The number of halogens is 2. The zero-order chi connectivity index (χ0) is 19.2. The topological polar surface area (TPSA) is 9.23 Å². The summed E-state index contributed by atoms with van der Waals surface area (Å²) < 4.78 is 20.1. The van der Waals surface area contributed by atoms with E-state index in [0.717, 1.165) is 49.0 Å². The maximum absolute atomic E-state index is 14.6. The zero-order valence-corrected chi connectivity index (χ0v) is 17.2. The molecule has 0 N–H and O–H groups in total. The first kappa shape index (κ1) is 20.5. The second kappa shape index (κ2) is 9.78. The third-order valence-electron chi connectivity index (χ3n) is 6.42. The number of hydrogen-bond acceptors (Lipinski definition) is 1. The van der Waals surface area contributed by atoms with Gasteiger partial charge in [-0.3, -0.25) is 0 Å². The summed E-state index contributed by atoms with van der Waals surface area (Å²) in [6.07, 6.45) is 14.8. The molecule has 1 atom stereocenters. The van der Waals surface area contributed by atoms with Gasteiger partial charge in [-0.05, 0) is 92.4 Å². The summed E-state index contributed by atoms with van der Waals surface area (Å²) in [5.74, 6) is 2.16. The predicted octanol–water partition coefficient (Wildman–Crippen LogP) is 7.83. The lowest BCUT2D eigenvalue weighted by atomic mass is 9.71. The van der Waals surface area contributed by atoms with Crippen LogP contribution in [0.3, 0.4) is 0 Å². The van der Waals surface area contributed by atoms with E-state index in [1.807, 2.05) is 6.07 Å². The van der Waals surface area contributed by atoms with Crippen molar-refractivity contribution >= 4 is 17.2 Å². The molecule has 3 heteroatoms. The van der Waals surface area contributed by atoms with Crippen LogP contribution in [0, 0.1) is 23.6 Å². The number of allylic oxidation sites excluding steroid dienone is 3. The quantitative estimate of drug-likeness (QED) is 0.340. The summed E-state index contributed by atoms with van der Waals surface area (Å²) >= 11 is 6.36. The summed E-state index contributed by atoms with van der Waals surface area (Å²) in [6.45, 7) is 6.56. The third-order valence-corrected chi connectivity index (χ3v) is 6.79. The molecule has 1 nitrogen and oxygen atoms in total. The molecule has 0 saturated heterocycles. The first-order chi connectivity index (χ1) is 13.1. The Hall–Kier alpha value is -1.28. The Labute approximate surface area is 168 Å². The minimum Gasteiger partial charge on any atom is -0.490 e. The van der Waals surface area contributed by atoms with Crippen molar-refractivity contribution in [1.29, 1.82) is 0 Å². The summed E-state index contributed by atoms with van der Waals surface area (Å²) in [5.41, 5.74) is 2.03. The van der Waals surface area contributed by atoms with E-state index in [9.17, 15) is 4.39 Å². The number of unbranched alkanes of at least 4 members (excludes halogenated alkanes) is 1. The molecule has 2 aliphatic rings. The lowest BCUT2D eigenvalue weighted by Gasteiger charge is -2.34. The van der Waals surface area contributed by atoms with E-state index in [-0.39, 0.29) is 10.8 Å². The van der Waals surface area contributed by atoms with E-state index in [1.54, 1.807) is 6.07 Å². The molecular weight excluding hydrogens is 359 g/mol. The van der Waals surface area contributed by atoms with Crippen molar-refractivity contribution in [2.75, 3.05) is 6.61 Å². The largest absolute Gasteiger partial charge is 0.490 e. The maximum Gasteiger partial charge on any atom is 0.184 e. The molecule has 0 amide bonds. The molecule has 27 heavy (non-hydrogen) atoms. The molecule has 148 valence electrons. The fourth-order valence-corrected chi connectivity index (χ4v) is 4.87. The van der Waals surface area contributed by atoms with Gasteiger partial charge in [-0.15, -0.1) is 6.58 Å². The molecule has 0 spiro atoms. The van der Waals surface area contributed by atoms with Crippen LogP contribution in [-0.2, 0) is 0 Å². The van der Waals surface area contributed by atoms with Gasteiger partial charge >= 0.3 is 0 Å². The SMILES string of the molecule is C=CC1CCC(C2CC=C(c3ccc(OCCCC)c(F)c3Cl)CC2)CC1. The van der Waals surface area contributed by atoms with Gasteiger partial charge in [-0.25, -0.2) is 4.39 Å². The lowest BCUT2D eigenvalue weighted by molar-refractivity contribution is 0.212. The molecule has 1 saturated carbocycles. The highest BCUT2D eigenvalue weighted by molar-refractivity contribution is 6.32. The Kier molecular flexibility index (Phi) is 7.41. The summed E-state index contributed by atoms with van der Waals surface area (Å²) in [6, 6.07) is 3.66. The first-order valence-corrected chi connectivity index (χ1v) is 10.9. The smallest absolute Gasteiger partial charge is 0.184 e. The molecule has 0 heterocycles. The van der Waals surface area contributed by atoms with Gasteiger partial charge in [0.05, 0.1) is 11.6 Å². The van der Waals surface area contributed by atoms with E-state index in [0.29, 0.717) is 6.61 Å². The molecule has 2 aliphatic carbocycles. The average molecular weight is 391 g/mol. The molecule has 3 rings (SSSR count). The van der Waals surface area contributed by atoms with Gasteiger partial charge in [0.1, 0.15) is 0 Å². The standard InChI is InChI=1S/C24H32ClFO/c1-3-5-16-27-22-15-14-21(23(25)24(22)26)20-12-10-19(11-13-20)18-8-6-17(4-2)7-9-18/h4,12,14-15,17-19H,2-3,5-11,13,16H2,1H3. The second-order valence-electron chi connectivity index (χ2n) is 8.12. The molecular formula is C24H32ClFO.